The summed E-state index contributed by atoms with van der Waals surface area (Å²) in [7, 11) is 0. The summed E-state index contributed by atoms with van der Waals surface area (Å²) in [4.78, 5) is 96.9. The Morgan fingerprint density at radius 2 is 0.610 bits per heavy atom. The average Bonchev–Trinajstić information content (AvgIpc) is 3.66. The molecule has 0 aromatic heterocycles. The summed E-state index contributed by atoms with van der Waals surface area (Å²) < 4.78 is 0. The first-order valence-corrected chi connectivity index (χ1v) is 29.0. The standard InChI is InChI=1S/C67H85N9O6/c1-2-3-40-71(41-22-37-68)49-63(78)75(47-61(56-29-14-6-15-30-56)57-31-16-7-17-32-57)52-65(80)73(43-24-39-70)51-67(82)76(48-62(58-33-18-8-19-34-58)59-35-20-9-21-36-59)53-66(81)72(42-23-38-69)50-64(79)74(44-45-77)46-60(54-25-10-4-11-26-54)55-27-12-5-13-28-55/h4-21,25-36,45,60-62H,2-3,22-24,37-44,46-53,68-70H2,1H3. The van der Waals surface area contributed by atoms with Gasteiger partial charge >= 0.3 is 0 Å². The van der Waals surface area contributed by atoms with E-state index in [1.165, 1.54) is 19.6 Å². The van der Waals surface area contributed by atoms with Crippen LogP contribution >= 0.6 is 0 Å². The van der Waals surface area contributed by atoms with Gasteiger partial charge in [0.25, 0.3) is 0 Å². The molecule has 0 saturated carbocycles. The zero-order valence-corrected chi connectivity index (χ0v) is 47.8. The Morgan fingerprint density at radius 3 is 0.915 bits per heavy atom. The molecule has 6 aromatic carbocycles. The van der Waals surface area contributed by atoms with Crippen molar-refractivity contribution < 1.29 is 28.8 Å². The molecule has 15 heteroatoms. The van der Waals surface area contributed by atoms with E-state index in [0.29, 0.717) is 45.2 Å². The highest BCUT2D eigenvalue weighted by atomic mass is 16.2. The molecule has 6 N–H and O–H groups in total. The van der Waals surface area contributed by atoms with Gasteiger partial charge in [-0.1, -0.05) is 195 Å². The Labute approximate surface area is 486 Å². The Balaban J connectivity index is 1.34. The monoisotopic (exact) mass is 1110 g/mol. The molecule has 0 radical (unpaired) electrons. The molecule has 82 heavy (non-hydrogen) atoms. The first-order valence-electron chi connectivity index (χ1n) is 29.0. The Bertz CT molecular complexity index is 2690. The molecule has 0 heterocycles. The van der Waals surface area contributed by atoms with Crippen molar-refractivity contribution in [3.05, 3.63) is 215 Å². The quantitative estimate of drug-likeness (QED) is 0.0345. The fourth-order valence-corrected chi connectivity index (χ4v) is 10.3. The summed E-state index contributed by atoms with van der Waals surface area (Å²) in [5.74, 6) is -3.07. The minimum absolute atomic E-state index is 0.0418. The first kappa shape index (κ1) is 63.4. The summed E-state index contributed by atoms with van der Waals surface area (Å²) in [6.07, 6.45) is 3.96. The molecule has 0 unspecified atom stereocenters. The Hall–Kier alpha value is -7.82. The molecule has 0 aliphatic carbocycles. The summed E-state index contributed by atoms with van der Waals surface area (Å²) in [5, 5.41) is 0. The van der Waals surface area contributed by atoms with Crippen molar-refractivity contribution in [2.75, 3.05) is 105 Å². The van der Waals surface area contributed by atoms with Gasteiger partial charge in [-0.25, -0.2) is 0 Å². The van der Waals surface area contributed by atoms with Crippen molar-refractivity contribution in [2.45, 2.75) is 56.8 Å². The van der Waals surface area contributed by atoms with Crippen LogP contribution in [0.3, 0.4) is 0 Å². The summed E-state index contributed by atoms with van der Waals surface area (Å²) in [6, 6.07) is 58.9. The Morgan fingerprint density at radius 1 is 0.354 bits per heavy atom. The molecule has 0 aliphatic heterocycles. The fraction of sp³-hybridized carbons (Fsp3) is 0.373. The van der Waals surface area contributed by atoms with Gasteiger partial charge in [0.2, 0.25) is 29.5 Å². The van der Waals surface area contributed by atoms with Crippen LogP contribution in [-0.4, -0.2) is 170 Å². The zero-order chi connectivity index (χ0) is 58.3. The normalized spacial score (nSPS) is 11.2. The number of hydrogen-bond acceptors (Lipinski definition) is 10. The maximum atomic E-state index is 15.4. The lowest BCUT2D eigenvalue weighted by Crippen LogP contribution is -2.53. The number of nitrogens with zero attached hydrogens (tertiary/aromatic N) is 6. The highest BCUT2D eigenvalue weighted by Crippen LogP contribution is 2.29. The first-order chi connectivity index (χ1) is 40.1. The van der Waals surface area contributed by atoms with Gasteiger partial charge < -0.3 is 46.5 Å². The molecule has 0 spiro atoms. The number of rotatable bonds is 36. The second kappa shape index (κ2) is 35.1. The van der Waals surface area contributed by atoms with Gasteiger partial charge in [-0.15, -0.1) is 0 Å². The third-order valence-electron chi connectivity index (χ3n) is 14.9. The van der Waals surface area contributed by atoms with E-state index in [4.69, 9.17) is 17.2 Å². The van der Waals surface area contributed by atoms with Crippen molar-refractivity contribution in [1.82, 2.24) is 29.4 Å². The number of amides is 5. The van der Waals surface area contributed by atoms with Crippen molar-refractivity contribution in [3.63, 3.8) is 0 Å². The maximum absolute atomic E-state index is 15.4. The zero-order valence-electron chi connectivity index (χ0n) is 47.8. The van der Waals surface area contributed by atoms with E-state index in [0.717, 1.165) is 46.2 Å². The minimum atomic E-state index is -0.506. The smallest absolute Gasteiger partial charge is 0.242 e. The lowest BCUT2D eigenvalue weighted by molar-refractivity contribution is -0.147. The summed E-state index contributed by atoms with van der Waals surface area (Å²) in [5.41, 5.74) is 23.8. The maximum Gasteiger partial charge on any atom is 0.242 e. The van der Waals surface area contributed by atoms with Crippen molar-refractivity contribution in [3.8, 4) is 0 Å². The number of aldehydes is 1. The number of nitrogens with two attached hydrogens (primary N) is 3. The number of carbonyl (C=O) groups is 6. The highest BCUT2D eigenvalue weighted by molar-refractivity contribution is 5.92. The van der Waals surface area contributed by atoms with E-state index in [2.05, 4.69) is 11.8 Å². The largest absolute Gasteiger partial charge is 0.333 e. The number of benzene rings is 6. The van der Waals surface area contributed by atoms with Crippen molar-refractivity contribution in [1.29, 1.82) is 0 Å². The lowest BCUT2D eigenvalue weighted by atomic mass is 9.90. The minimum Gasteiger partial charge on any atom is -0.333 e. The molecule has 5 amide bonds. The number of unbranched alkanes of at least 4 members (excludes halogenated alkanes) is 1. The van der Waals surface area contributed by atoms with Crippen LogP contribution in [0.15, 0.2) is 182 Å². The predicted molar refractivity (Wildman–Crippen MR) is 326 cm³/mol. The van der Waals surface area contributed by atoms with E-state index >= 15 is 14.4 Å². The fourth-order valence-electron chi connectivity index (χ4n) is 10.3. The van der Waals surface area contributed by atoms with E-state index in [9.17, 15) is 14.4 Å². The van der Waals surface area contributed by atoms with Crippen LogP contribution in [0.2, 0.25) is 0 Å². The molecular formula is C67H85N9O6. The summed E-state index contributed by atoms with van der Waals surface area (Å²) in [6.45, 7) is 3.33. The molecule has 0 fully saturated rings. The van der Waals surface area contributed by atoms with Gasteiger partial charge in [0, 0.05) is 50.5 Å². The van der Waals surface area contributed by atoms with Crippen LogP contribution in [0, 0.1) is 0 Å². The van der Waals surface area contributed by atoms with Crippen LogP contribution in [0.25, 0.3) is 0 Å². The summed E-state index contributed by atoms with van der Waals surface area (Å²) >= 11 is 0. The molecule has 0 aliphatic rings. The van der Waals surface area contributed by atoms with Gasteiger partial charge in [-0.3, -0.25) is 28.9 Å². The van der Waals surface area contributed by atoms with Crippen molar-refractivity contribution >= 4 is 35.8 Å². The molecule has 0 atom stereocenters. The van der Waals surface area contributed by atoms with Crippen LogP contribution in [0.1, 0.15) is 90.2 Å². The number of hydrogen-bond donors (Lipinski definition) is 3. The van der Waals surface area contributed by atoms with Crippen LogP contribution in [-0.2, 0) is 28.8 Å². The third-order valence-corrected chi connectivity index (χ3v) is 14.9. The molecule has 0 saturated heterocycles. The third kappa shape index (κ3) is 20.0. The molecule has 0 bridgehead atoms. The van der Waals surface area contributed by atoms with Gasteiger partial charge in [0.1, 0.15) is 6.29 Å². The molecule has 434 valence electrons. The molecular weight excluding hydrogens is 1030 g/mol. The van der Waals surface area contributed by atoms with Gasteiger partial charge in [-0.2, -0.15) is 0 Å². The highest BCUT2D eigenvalue weighted by Gasteiger charge is 2.32. The molecule has 6 aromatic rings. The van der Waals surface area contributed by atoms with Gasteiger partial charge in [-0.05, 0) is 91.8 Å². The van der Waals surface area contributed by atoms with Crippen LogP contribution in [0.5, 0.6) is 0 Å². The topological polar surface area (TPSA) is 200 Å². The SMILES string of the molecule is CCCCN(CCCN)CC(=O)N(CC(=O)N(CCCN)CC(=O)N(CC(=O)N(CCCN)CC(=O)N(CC=O)CC(c1ccccc1)c1ccccc1)CC(c1ccccc1)c1ccccc1)CC(c1ccccc1)c1ccccc1. The average molecular weight is 1110 g/mol. The molecule has 6 rings (SSSR count). The van der Waals surface area contributed by atoms with E-state index < -0.39 is 42.6 Å². The van der Waals surface area contributed by atoms with E-state index in [-0.39, 0.29) is 89.7 Å². The number of carbonyl (C=O) groups excluding carboxylic acids is 6. The predicted octanol–water partition coefficient (Wildman–Crippen LogP) is 6.97. The van der Waals surface area contributed by atoms with E-state index in [1.807, 2.05) is 182 Å². The molecule has 15 nitrogen and oxygen atoms in total. The lowest BCUT2D eigenvalue weighted by Gasteiger charge is -2.34. The second-order valence-electron chi connectivity index (χ2n) is 20.8. The van der Waals surface area contributed by atoms with Gasteiger partial charge in [0.15, 0.2) is 0 Å². The van der Waals surface area contributed by atoms with Gasteiger partial charge in [0.05, 0.1) is 39.3 Å². The Kier molecular flexibility index (Phi) is 27.1. The van der Waals surface area contributed by atoms with Crippen molar-refractivity contribution in [2.24, 2.45) is 17.2 Å². The van der Waals surface area contributed by atoms with Crippen LogP contribution in [0.4, 0.5) is 0 Å². The van der Waals surface area contributed by atoms with E-state index in [1.54, 1.807) is 4.90 Å². The van der Waals surface area contributed by atoms with Crippen LogP contribution < -0.4 is 17.2 Å². The second-order valence-corrected chi connectivity index (χ2v) is 20.8.